The zero-order valence-corrected chi connectivity index (χ0v) is 11.8. The summed E-state index contributed by atoms with van der Waals surface area (Å²) in [7, 11) is 0. The molecule has 0 radical (unpaired) electrons. The number of likely N-dealkylation sites (tertiary alicyclic amines) is 1. The highest BCUT2D eigenvalue weighted by atomic mass is 19.3. The minimum atomic E-state index is -2.55. The molecule has 1 saturated heterocycles. The molecule has 5 nitrogen and oxygen atoms in total. The van der Waals surface area contributed by atoms with E-state index in [0.29, 0.717) is 19.4 Å². The van der Waals surface area contributed by atoms with Gasteiger partial charge in [-0.1, -0.05) is 0 Å². The van der Waals surface area contributed by atoms with Gasteiger partial charge in [-0.15, -0.1) is 0 Å². The zero-order valence-electron chi connectivity index (χ0n) is 11.8. The van der Waals surface area contributed by atoms with Crippen LogP contribution >= 0.6 is 0 Å². The quantitative estimate of drug-likeness (QED) is 0.926. The first-order valence-corrected chi connectivity index (χ1v) is 6.79. The first-order valence-electron chi connectivity index (χ1n) is 6.79. The fourth-order valence-corrected chi connectivity index (χ4v) is 2.67. The number of piperidine rings is 1. The van der Waals surface area contributed by atoms with Crippen LogP contribution in [0, 0.1) is 5.41 Å². The Bertz CT molecular complexity index is 544. The summed E-state index contributed by atoms with van der Waals surface area (Å²) in [5.74, 6) is -1.34. The normalized spacial score (nSPS) is 22.6. The van der Waals surface area contributed by atoms with Crippen molar-refractivity contribution in [3.63, 3.8) is 0 Å². The van der Waals surface area contributed by atoms with E-state index in [1.54, 1.807) is 6.92 Å². The number of rotatable bonds is 4. The molecule has 1 aromatic heterocycles. The van der Waals surface area contributed by atoms with E-state index in [4.69, 9.17) is 0 Å². The van der Waals surface area contributed by atoms with Crippen molar-refractivity contribution < 1.29 is 23.5 Å². The molecular formula is C14H18F2N2O3. The third-order valence-corrected chi connectivity index (χ3v) is 3.88. The number of carboxylic acid groups (broad SMARTS) is 1. The molecule has 1 atom stereocenters. The Labute approximate surface area is 121 Å². The molecule has 21 heavy (non-hydrogen) atoms. The van der Waals surface area contributed by atoms with Crippen molar-refractivity contribution in [1.29, 1.82) is 0 Å². The molecule has 0 spiro atoms. The van der Waals surface area contributed by atoms with Gasteiger partial charge in [0.15, 0.2) is 0 Å². The van der Waals surface area contributed by atoms with Crippen molar-refractivity contribution in [2.75, 3.05) is 13.1 Å². The van der Waals surface area contributed by atoms with Gasteiger partial charge in [-0.2, -0.15) is 0 Å². The molecule has 1 fully saturated rings. The number of carboxylic acids is 1. The van der Waals surface area contributed by atoms with Crippen molar-refractivity contribution in [3.8, 4) is 0 Å². The minimum Gasteiger partial charge on any atom is -0.481 e. The van der Waals surface area contributed by atoms with Gasteiger partial charge < -0.3 is 14.6 Å². The summed E-state index contributed by atoms with van der Waals surface area (Å²) in [4.78, 5) is 25.2. The van der Waals surface area contributed by atoms with E-state index in [9.17, 15) is 23.5 Å². The number of carbonyl (C=O) groups excluding carboxylic acids is 1. The molecule has 1 N–H and O–H groups in total. The number of carbonyl (C=O) groups is 2. The van der Waals surface area contributed by atoms with Gasteiger partial charge in [0.2, 0.25) is 0 Å². The number of aromatic nitrogens is 1. The smallest absolute Gasteiger partial charge is 0.311 e. The van der Waals surface area contributed by atoms with Crippen LogP contribution in [0.1, 0.15) is 30.3 Å². The van der Waals surface area contributed by atoms with Crippen molar-refractivity contribution in [2.24, 2.45) is 5.41 Å². The van der Waals surface area contributed by atoms with Crippen LogP contribution in [0.2, 0.25) is 0 Å². The Morgan fingerprint density at radius 1 is 1.48 bits per heavy atom. The molecule has 1 amide bonds. The average molecular weight is 300 g/mol. The summed E-state index contributed by atoms with van der Waals surface area (Å²) in [5.41, 5.74) is -0.807. The summed E-state index contributed by atoms with van der Waals surface area (Å²) in [5, 5.41) is 9.26. The van der Waals surface area contributed by atoms with Crippen molar-refractivity contribution in [2.45, 2.75) is 32.7 Å². The van der Waals surface area contributed by atoms with Crippen LogP contribution in [0.15, 0.2) is 18.3 Å². The van der Waals surface area contributed by atoms with Gasteiger partial charge in [-0.05, 0) is 31.9 Å². The van der Waals surface area contributed by atoms with Crippen LogP contribution < -0.4 is 0 Å². The van der Waals surface area contributed by atoms with Gasteiger partial charge in [0.05, 0.1) is 12.0 Å². The number of alkyl halides is 2. The van der Waals surface area contributed by atoms with Gasteiger partial charge in [0, 0.05) is 19.3 Å². The van der Waals surface area contributed by atoms with Gasteiger partial charge in [-0.25, -0.2) is 8.78 Å². The molecule has 1 unspecified atom stereocenters. The Morgan fingerprint density at radius 3 is 2.81 bits per heavy atom. The molecule has 116 valence electrons. The van der Waals surface area contributed by atoms with Crippen LogP contribution in [-0.2, 0) is 11.3 Å². The largest absolute Gasteiger partial charge is 0.481 e. The molecule has 0 saturated carbocycles. The van der Waals surface area contributed by atoms with Crippen LogP contribution in [0.5, 0.6) is 0 Å². The summed E-state index contributed by atoms with van der Waals surface area (Å²) >= 11 is 0. The number of amides is 1. The van der Waals surface area contributed by atoms with Gasteiger partial charge >= 0.3 is 5.97 Å². The highest BCUT2D eigenvalue weighted by Gasteiger charge is 2.39. The predicted octanol–water partition coefficient (Wildman–Crippen LogP) is 2.08. The van der Waals surface area contributed by atoms with E-state index in [-0.39, 0.29) is 12.2 Å². The van der Waals surface area contributed by atoms with Crippen LogP contribution in [-0.4, -0.2) is 46.0 Å². The highest BCUT2D eigenvalue weighted by Crippen LogP contribution is 2.30. The maximum absolute atomic E-state index is 12.5. The second-order valence-corrected chi connectivity index (χ2v) is 5.63. The molecule has 0 aromatic carbocycles. The maximum Gasteiger partial charge on any atom is 0.311 e. The van der Waals surface area contributed by atoms with E-state index >= 15 is 0 Å². The van der Waals surface area contributed by atoms with Crippen LogP contribution in [0.25, 0.3) is 0 Å². The fraction of sp³-hybridized carbons (Fsp3) is 0.571. The van der Waals surface area contributed by atoms with Crippen molar-refractivity contribution >= 4 is 11.9 Å². The summed E-state index contributed by atoms with van der Waals surface area (Å²) in [6.45, 7) is 1.60. The van der Waals surface area contributed by atoms with E-state index in [2.05, 4.69) is 0 Å². The van der Waals surface area contributed by atoms with Crippen molar-refractivity contribution in [1.82, 2.24) is 9.47 Å². The van der Waals surface area contributed by atoms with Crippen LogP contribution in [0.3, 0.4) is 0 Å². The predicted molar refractivity (Wildman–Crippen MR) is 71.3 cm³/mol. The Kier molecular flexibility index (Phi) is 4.29. The van der Waals surface area contributed by atoms with Gasteiger partial charge in [0.25, 0.3) is 12.3 Å². The number of aliphatic carboxylic acids is 1. The first-order chi connectivity index (χ1) is 9.83. The number of nitrogens with zero attached hydrogens (tertiary/aromatic N) is 2. The number of halogens is 2. The molecule has 0 bridgehead atoms. The molecule has 1 aliphatic rings. The van der Waals surface area contributed by atoms with Gasteiger partial charge in [-0.3, -0.25) is 9.59 Å². The lowest BCUT2D eigenvalue weighted by Crippen LogP contribution is -2.48. The maximum atomic E-state index is 12.5. The topological polar surface area (TPSA) is 62.5 Å². The lowest BCUT2D eigenvalue weighted by molar-refractivity contribution is -0.150. The number of hydrogen-bond donors (Lipinski definition) is 1. The average Bonchev–Trinajstić information content (AvgIpc) is 2.85. The third-order valence-electron chi connectivity index (χ3n) is 3.88. The standard InChI is InChI=1S/C14H18F2N2O3/c1-14(13(20)21)5-3-7-18(9-14)12(19)10-4-2-6-17(10)8-11(15)16/h2,4,6,11H,3,5,7-9H2,1H3,(H,20,21). The number of hydrogen-bond acceptors (Lipinski definition) is 2. The van der Waals surface area contributed by atoms with E-state index in [1.165, 1.54) is 27.8 Å². The molecule has 2 heterocycles. The third kappa shape index (κ3) is 3.22. The molecule has 1 aromatic rings. The second-order valence-electron chi connectivity index (χ2n) is 5.63. The monoisotopic (exact) mass is 300 g/mol. The second kappa shape index (κ2) is 5.83. The van der Waals surface area contributed by atoms with E-state index in [1.807, 2.05) is 0 Å². The van der Waals surface area contributed by atoms with E-state index < -0.39 is 30.3 Å². The van der Waals surface area contributed by atoms with Gasteiger partial charge in [0.1, 0.15) is 5.69 Å². The zero-order chi connectivity index (χ0) is 15.6. The van der Waals surface area contributed by atoms with Crippen molar-refractivity contribution in [3.05, 3.63) is 24.0 Å². The molecule has 0 aliphatic carbocycles. The lowest BCUT2D eigenvalue weighted by Gasteiger charge is -2.37. The summed E-state index contributed by atoms with van der Waals surface area (Å²) in [6, 6.07) is 3.02. The summed E-state index contributed by atoms with van der Waals surface area (Å²) < 4.78 is 26.2. The lowest BCUT2D eigenvalue weighted by atomic mass is 9.82. The molecule has 2 rings (SSSR count). The fourth-order valence-electron chi connectivity index (χ4n) is 2.67. The molecular weight excluding hydrogens is 282 g/mol. The Hall–Kier alpha value is -1.92. The highest BCUT2D eigenvalue weighted by molar-refractivity contribution is 5.93. The Balaban J connectivity index is 2.17. The first kappa shape index (κ1) is 15.5. The summed E-state index contributed by atoms with van der Waals surface area (Å²) in [6.07, 6.45) is -0.0249. The molecule has 7 heteroatoms. The SMILES string of the molecule is CC1(C(=O)O)CCCN(C(=O)c2cccn2CC(F)F)C1. The molecule has 1 aliphatic heterocycles. The Morgan fingerprint density at radius 2 is 2.19 bits per heavy atom. The van der Waals surface area contributed by atoms with E-state index in [0.717, 1.165) is 0 Å². The van der Waals surface area contributed by atoms with Crippen LogP contribution in [0.4, 0.5) is 8.78 Å². The minimum absolute atomic E-state index is 0.0982.